The second kappa shape index (κ2) is 5.54. The minimum absolute atomic E-state index is 0.352. The number of piperidine rings is 1. The van der Waals surface area contributed by atoms with Gasteiger partial charge in [-0.3, -0.25) is 0 Å². The van der Waals surface area contributed by atoms with Crippen LogP contribution in [-0.2, 0) is 6.54 Å². The molecule has 96 valence electrons. The summed E-state index contributed by atoms with van der Waals surface area (Å²) in [4.78, 5) is 6.88. The van der Waals surface area contributed by atoms with Gasteiger partial charge in [0.05, 0.1) is 0 Å². The number of nitrogens with zero attached hydrogens (tertiary/aromatic N) is 3. The van der Waals surface area contributed by atoms with Crippen molar-refractivity contribution in [1.29, 1.82) is 0 Å². The van der Waals surface area contributed by atoms with Crippen LogP contribution < -0.4 is 10.6 Å². The normalized spacial score (nSPS) is 25.2. The molecule has 2 N–H and O–H groups in total. The first-order valence-corrected chi connectivity index (χ1v) is 6.74. The first kappa shape index (κ1) is 12.4. The molecule has 0 amide bonds. The van der Waals surface area contributed by atoms with Gasteiger partial charge in [0.2, 0.25) is 5.95 Å². The van der Waals surface area contributed by atoms with Gasteiger partial charge in [0.15, 0.2) is 0 Å². The van der Waals surface area contributed by atoms with E-state index < -0.39 is 0 Å². The number of nitrogens with two attached hydrogens (primary N) is 1. The van der Waals surface area contributed by atoms with Crippen molar-refractivity contribution >= 4 is 5.95 Å². The van der Waals surface area contributed by atoms with Crippen molar-refractivity contribution in [3.8, 4) is 0 Å². The number of rotatable bonds is 4. The number of unbranched alkanes of at least 4 members (excludes halogenated alkanes) is 1. The van der Waals surface area contributed by atoms with Gasteiger partial charge in [-0.05, 0) is 18.8 Å². The zero-order valence-corrected chi connectivity index (χ0v) is 11.0. The first-order chi connectivity index (χ1) is 8.22. The summed E-state index contributed by atoms with van der Waals surface area (Å²) in [6.07, 6.45) is 7.50. The van der Waals surface area contributed by atoms with E-state index in [9.17, 15) is 0 Å². The van der Waals surface area contributed by atoms with Gasteiger partial charge in [-0.1, -0.05) is 20.3 Å². The third-order valence-corrected chi connectivity index (χ3v) is 3.70. The van der Waals surface area contributed by atoms with Crippen molar-refractivity contribution in [2.24, 2.45) is 11.7 Å². The highest BCUT2D eigenvalue weighted by Crippen LogP contribution is 2.21. The molecule has 4 nitrogen and oxygen atoms in total. The van der Waals surface area contributed by atoms with Crippen molar-refractivity contribution in [1.82, 2.24) is 9.55 Å². The smallest absolute Gasteiger partial charge is 0.205 e. The SMILES string of the molecule is CCCCn1ccnc1N1CCC(N)C(C)C1. The molecule has 2 rings (SSSR count). The van der Waals surface area contributed by atoms with Crippen LogP contribution in [0.4, 0.5) is 5.95 Å². The molecule has 0 saturated carbocycles. The molecule has 1 fully saturated rings. The van der Waals surface area contributed by atoms with Gasteiger partial charge in [-0.2, -0.15) is 0 Å². The van der Waals surface area contributed by atoms with Gasteiger partial charge in [-0.25, -0.2) is 4.98 Å². The van der Waals surface area contributed by atoms with Crippen LogP contribution in [0.25, 0.3) is 0 Å². The highest BCUT2D eigenvalue weighted by molar-refractivity contribution is 5.32. The van der Waals surface area contributed by atoms with Crippen LogP contribution >= 0.6 is 0 Å². The zero-order valence-electron chi connectivity index (χ0n) is 11.0. The number of aryl methyl sites for hydroxylation is 1. The minimum Gasteiger partial charge on any atom is -0.342 e. The molecule has 1 saturated heterocycles. The maximum atomic E-state index is 6.06. The lowest BCUT2D eigenvalue weighted by Crippen LogP contribution is -2.46. The molecule has 0 bridgehead atoms. The van der Waals surface area contributed by atoms with Crippen molar-refractivity contribution in [2.75, 3.05) is 18.0 Å². The lowest BCUT2D eigenvalue weighted by molar-refractivity contribution is 0.377. The molecule has 0 aromatic carbocycles. The Morgan fingerprint density at radius 2 is 2.35 bits per heavy atom. The molecule has 2 atom stereocenters. The van der Waals surface area contributed by atoms with Crippen molar-refractivity contribution < 1.29 is 0 Å². The topological polar surface area (TPSA) is 47.1 Å². The van der Waals surface area contributed by atoms with Crippen molar-refractivity contribution in [2.45, 2.75) is 45.7 Å². The molecule has 4 heteroatoms. The number of aromatic nitrogens is 2. The Labute approximate surface area is 104 Å². The molecule has 2 unspecified atom stereocenters. The number of hydrogen-bond donors (Lipinski definition) is 1. The van der Waals surface area contributed by atoms with E-state index in [2.05, 4.69) is 34.5 Å². The van der Waals surface area contributed by atoms with Crippen LogP contribution in [0, 0.1) is 5.92 Å². The Bertz CT molecular complexity index is 347. The molecule has 0 spiro atoms. The molecule has 17 heavy (non-hydrogen) atoms. The fraction of sp³-hybridized carbons (Fsp3) is 0.769. The van der Waals surface area contributed by atoms with Crippen LogP contribution in [0.2, 0.25) is 0 Å². The van der Waals surface area contributed by atoms with E-state index in [1.54, 1.807) is 0 Å². The summed E-state index contributed by atoms with van der Waals surface area (Å²) in [6, 6.07) is 0.352. The Hall–Kier alpha value is -1.03. The second-order valence-corrected chi connectivity index (χ2v) is 5.15. The van der Waals surface area contributed by atoms with Gasteiger partial charge in [-0.15, -0.1) is 0 Å². The highest BCUT2D eigenvalue weighted by Gasteiger charge is 2.25. The molecular weight excluding hydrogens is 212 g/mol. The van der Waals surface area contributed by atoms with Gasteiger partial charge >= 0.3 is 0 Å². The summed E-state index contributed by atoms with van der Waals surface area (Å²) in [5.74, 6) is 1.68. The third kappa shape index (κ3) is 2.80. The van der Waals surface area contributed by atoms with Crippen LogP contribution in [0.5, 0.6) is 0 Å². The molecule has 2 heterocycles. The van der Waals surface area contributed by atoms with E-state index in [1.165, 1.54) is 12.8 Å². The Kier molecular flexibility index (Phi) is 4.05. The largest absolute Gasteiger partial charge is 0.342 e. The Balaban J connectivity index is 2.04. The lowest BCUT2D eigenvalue weighted by Gasteiger charge is -2.35. The number of hydrogen-bond acceptors (Lipinski definition) is 3. The van der Waals surface area contributed by atoms with E-state index in [0.717, 1.165) is 32.0 Å². The number of anilines is 1. The summed E-state index contributed by atoms with van der Waals surface area (Å²) in [5, 5.41) is 0. The molecule has 1 aliphatic heterocycles. The van der Waals surface area contributed by atoms with Crippen molar-refractivity contribution in [3.05, 3.63) is 12.4 Å². The van der Waals surface area contributed by atoms with Gasteiger partial charge in [0.25, 0.3) is 0 Å². The predicted molar refractivity (Wildman–Crippen MR) is 71.1 cm³/mol. The molecular formula is C13H24N4. The van der Waals surface area contributed by atoms with E-state index in [-0.39, 0.29) is 0 Å². The third-order valence-electron chi connectivity index (χ3n) is 3.70. The summed E-state index contributed by atoms with van der Waals surface area (Å²) < 4.78 is 2.27. The van der Waals surface area contributed by atoms with E-state index in [4.69, 9.17) is 5.73 Å². The van der Waals surface area contributed by atoms with Gasteiger partial charge in [0, 0.05) is 38.1 Å². The lowest BCUT2D eigenvalue weighted by atomic mass is 9.95. The first-order valence-electron chi connectivity index (χ1n) is 6.74. The summed E-state index contributed by atoms with van der Waals surface area (Å²) >= 11 is 0. The quantitative estimate of drug-likeness (QED) is 0.868. The number of imidazole rings is 1. The average Bonchev–Trinajstić information content (AvgIpc) is 2.78. The van der Waals surface area contributed by atoms with E-state index in [0.29, 0.717) is 12.0 Å². The Morgan fingerprint density at radius 1 is 1.53 bits per heavy atom. The molecule has 0 aliphatic carbocycles. The van der Waals surface area contributed by atoms with Crippen LogP contribution in [-0.4, -0.2) is 28.7 Å². The van der Waals surface area contributed by atoms with Gasteiger partial charge < -0.3 is 15.2 Å². The fourth-order valence-electron chi connectivity index (χ4n) is 2.43. The van der Waals surface area contributed by atoms with Crippen molar-refractivity contribution in [3.63, 3.8) is 0 Å². The average molecular weight is 236 g/mol. The zero-order chi connectivity index (χ0) is 12.3. The molecule has 0 radical (unpaired) electrons. The van der Waals surface area contributed by atoms with E-state index in [1.807, 2.05) is 6.20 Å². The van der Waals surface area contributed by atoms with Crippen LogP contribution in [0.1, 0.15) is 33.1 Å². The molecule has 1 aromatic heterocycles. The highest BCUT2D eigenvalue weighted by atomic mass is 15.3. The Morgan fingerprint density at radius 3 is 3.06 bits per heavy atom. The van der Waals surface area contributed by atoms with Crippen LogP contribution in [0.3, 0.4) is 0 Å². The van der Waals surface area contributed by atoms with Crippen LogP contribution in [0.15, 0.2) is 12.4 Å². The fourth-order valence-corrected chi connectivity index (χ4v) is 2.43. The van der Waals surface area contributed by atoms with E-state index >= 15 is 0 Å². The summed E-state index contributed by atoms with van der Waals surface area (Å²) in [5.41, 5.74) is 6.06. The summed E-state index contributed by atoms with van der Waals surface area (Å²) in [6.45, 7) is 7.59. The monoisotopic (exact) mass is 236 g/mol. The second-order valence-electron chi connectivity index (χ2n) is 5.15. The summed E-state index contributed by atoms with van der Waals surface area (Å²) in [7, 11) is 0. The molecule has 1 aliphatic rings. The predicted octanol–water partition coefficient (Wildman–Crippen LogP) is 1.86. The maximum absolute atomic E-state index is 6.06. The molecule has 1 aromatic rings. The maximum Gasteiger partial charge on any atom is 0.205 e. The standard InChI is InChI=1S/C13H24N4/c1-3-4-7-16-9-6-15-13(16)17-8-5-12(14)11(2)10-17/h6,9,11-12H,3-5,7-8,10,14H2,1-2H3. The minimum atomic E-state index is 0.352. The van der Waals surface area contributed by atoms with Gasteiger partial charge in [0.1, 0.15) is 0 Å².